The molecule has 0 radical (unpaired) electrons. The fourth-order valence-electron chi connectivity index (χ4n) is 2.14. The Bertz CT molecular complexity index is 379. The van der Waals surface area contributed by atoms with E-state index >= 15 is 0 Å². The van der Waals surface area contributed by atoms with E-state index in [1.165, 1.54) is 22.3 Å². The van der Waals surface area contributed by atoms with Gasteiger partial charge >= 0.3 is 0 Å². The van der Waals surface area contributed by atoms with Gasteiger partial charge in [0.05, 0.1) is 0 Å². The van der Waals surface area contributed by atoms with Crippen molar-refractivity contribution in [2.45, 2.75) is 46.6 Å². The number of rotatable bonds is 6. The van der Waals surface area contributed by atoms with E-state index in [-0.39, 0.29) is 0 Å². The van der Waals surface area contributed by atoms with Crippen molar-refractivity contribution in [1.82, 2.24) is 5.32 Å². The Kier molecular flexibility index (Phi) is 5.43. The van der Waals surface area contributed by atoms with Gasteiger partial charge in [-0.2, -0.15) is 0 Å². The van der Waals surface area contributed by atoms with E-state index in [2.05, 4.69) is 57.8 Å². The molecule has 94 valence electrons. The molecule has 0 heterocycles. The highest BCUT2D eigenvalue weighted by molar-refractivity contribution is 5.30. The van der Waals surface area contributed by atoms with Crippen molar-refractivity contribution in [3.8, 4) is 0 Å². The summed E-state index contributed by atoms with van der Waals surface area (Å²) in [7, 11) is 0. The Morgan fingerprint density at radius 2 is 2.00 bits per heavy atom. The Morgan fingerprint density at radius 3 is 2.53 bits per heavy atom. The van der Waals surface area contributed by atoms with Crippen LogP contribution in [0.15, 0.2) is 30.4 Å². The zero-order valence-corrected chi connectivity index (χ0v) is 11.6. The molecule has 1 atom stereocenters. The summed E-state index contributed by atoms with van der Waals surface area (Å²) in [4.78, 5) is 0. The monoisotopic (exact) mass is 231 g/mol. The summed E-state index contributed by atoms with van der Waals surface area (Å²) in [5, 5.41) is 3.54. The molecule has 1 rings (SSSR count). The van der Waals surface area contributed by atoms with Crippen LogP contribution in [0.4, 0.5) is 0 Å². The van der Waals surface area contributed by atoms with Gasteiger partial charge < -0.3 is 5.32 Å². The Hall–Kier alpha value is -1.08. The minimum absolute atomic E-state index is 0.514. The van der Waals surface area contributed by atoms with Gasteiger partial charge in [-0.3, -0.25) is 0 Å². The van der Waals surface area contributed by atoms with Crippen LogP contribution in [0.1, 0.15) is 37.0 Å². The third kappa shape index (κ3) is 4.74. The van der Waals surface area contributed by atoms with Crippen molar-refractivity contribution in [3.05, 3.63) is 47.0 Å². The average Bonchev–Trinajstić information content (AvgIpc) is 2.23. The minimum atomic E-state index is 0.514. The van der Waals surface area contributed by atoms with E-state index < -0.39 is 0 Å². The topological polar surface area (TPSA) is 12.0 Å². The zero-order valence-electron chi connectivity index (χ0n) is 11.6. The highest BCUT2D eigenvalue weighted by Gasteiger charge is 2.08. The van der Waals surface area contributed by atoms with Crippen molar-refractivity contribution >= 4 is 0 Å². The van der Waals surface area contributed by atoms with Gasteiger partial charge in [0.1, 0.15) is 0 Å². The van der Waals surface area contributed by atoms with Crippen molar-refractivity contribution in [1.29, 1.82) is 0 Å². The molecule has 0 aromatic heterocycles. The Balaban J connectivity index is 2.71. The molecule has 0 aliphatic rings. The van der Waals surface area contributed by atoms with Gasteiger partial charge in [0, 0.05) is 6.04 Å². The molecule has 1 aromatic carbocycles. The van der Waals surface area contributed by atoms with E-state index in [0.717, 1.165) is 19.4 Å². The summed E-state index contributed by atoms with van der Waals surface area (Å²) in [6, 6.07) is 7.28. The molecule has 0 saturated heterocycles. The van der Waals surface area contributed by atoms with Crippen LogP contribution in [0.3, 0.4) is 0 Å². The fraction of sp³-hybridized carbons (Fsp3) is 0.500. The standard InChI is InChI=1S/C16H25N/c1-6-17-16(9-12(2)3)11-15-8-7-13(4)14(5)10-15/h7-8,10,16-17H,2,6,9,11H2,1,3-5H3. The molecule has 1 unspecified atom stereocenters. The van der Waals surface area contributed by atoms with E-state index in [9.17, 15) is 0 Å². The molecule has 1 heteroatoms. The lowest BCUT2D eigenvalue weighted by atomic mass is 9.97. The fourth-order valence-corrected chi connectivity index (χ4v) is 2.14. The summed E-state index contributed by atoms with van der Waals surface area (Å²) in [5.41, 5.74) is 5.42. The summed E-state index contributed by atoms with van der Waals surface area (Å²) < 4.78 is 0. The predicted octanol–water partition coefficient (Wildman–Crippen LogP) is 3.79. The Labute approximate surface area is 106 Å². The first-order chi connectivity index (χ1) is 8.02. The average molecular weight is 231 g/mol. The second-order valence-corrected chi connectivity index (χ2v) is 5.04. The van der Waals surface area contributed by atoms with E-state index in [1.54, 1.807) is 0 Å². The normalized spacial score (nSPS) is 12.5. The zero-order chi connectivity index (χ0) is 12.8. The van der Waals surface area contributed by atoms with Gasteiger partial charge in [-0.1, -0.05) is 30.7 Å². The lowest BCUT2D eigenvalue weighted by molar-refractivity contribution is 0.520. The number of nitrogens with one attached hydrogen (secondary N) is 1. The maximum absolute atomic E-state index is 4.01. The Morgan fingerprint density at radius 1 is 1.29 bits per heavy atom. The molecule has 17 heavy (non-hydrogen) atoms. The van der Waals surface area contributed by atoms with Crippen LogP contribution in [-0.4, -0.2) is 12.6 Å². The molecule has 0 bridgehead atoms. The highest BCUT2D eigenvalue weighted by atomic mass is 14.9. The molecule has 0 amide bonds. The van der Waals surface area contributed by atoms with Crippen molar-refractivity contribution in [2.24, 2.45) is 0 Å². The van der Waals surface area contributed by atoms with Crippen LogP contribution in [0.5, 0.6) is 0 Å². The van der Waals surface area contributed by atoms with E-state index in [4.69, 9.17) is 0 Å². The number of likely N-dealkylation sites (N-methyl/N-ethyl adjacent to an activating group) is 1. The minimum Gasteiger partial charge on any atom is -0.314 e. The quantitative estimate of drug-likeness (QED) is 0.734. The first-order valence-electron chi connectivity index (χ1n) is 6.46. The lowest BCUT2D eigenvalue weighted by Gasteiger charge is -2.18. The van der Waals surface area contributed by atoms with Gasteiger partial charge in [0.2, 0.25) is 0 Å². The van der Waals surface area contributed by atoms with Crippen molar-refractivity contribution in [3.63, 3.8) is 0 Å². The van der Waals surface area contributed by atoms with Gasteiger partial charge in [0.25, 0.3) is 0 Å². The van der Waals surface area contributed by atoms with Crippen LogP contribution < -0.4 is 5.32 Å². The molecule has 1 N–H and O–H groups in total. The van der Waals surface area contributed by atoms with E-state index in [0.29, 0.717) is 6.04 Å². The predicted molar refractivity (Wildman–Crippen MR) is 76.5 cm³/mol. The third-order valence-electron chi connectivity index (χ3n) is 3.14. The van der Waals surface area contributed by atoms with Gasteiger partial charge in [-0.05, 0) is 56.8 Å². The molecular weight excluding hydrogens is 206 g/mol. The molecule has 0 fully saturated rings. The second kappa shape index (κ2) is 6.61. The van der Waals surface area contributed by atoms with Crippen LogP contribution >= 0.6 is 0 Å². The largest absolute Gasteiger partial charge is 0.314 e. The number of benzene rings is 1. The smallest absolute Gasteiger partial charge is 0.0144 e. The molecule has 0 spiro atoms. The van der Waals surface area contributed by atoms with Gasteiger partial charge in [0.15, 0.2) is 0 Å². The van der Waals surface area contributed by atoms with Crippen LogP contribution in [0, 0.1) is 13.8 Å². The number of hydrogen-bond acceptors (Lipinski definition) is 1. The summed E-state index contributed by atoms with van der Waals surface area (Å²) in [6.45, 7) is 13.6. The van der Waals surface area contributed by atoms with Gasteiger partial charge in [-0.15, -0.1) is 6.58 Å². The van der Waals surface area contributed by atoms with Crippen LogP contribution in [-0.2, 0) is 6.42 Å². The highest BCUT2D eigenvalue weighted by Crippen LogP contribution is 2.14. The summed E-state index contributed by atoms with van der Waals surface area (Å²) in [6.07, 6.45) is 2.14. The van der Waals surface area contributed by atoms with Crippen molar-refractivity contribution < 1.29 is 0 Å². The molecule has 1 aromatic rings. The van der Waals surface area contributed by atoms with E-state index in [1.807, 2.05) is 0 Å². The maximum atomic E-state index is 4.01. The van der Waals surface area contributed by atoms with Crippen LogP contribution in [0.2, 0.25) is 0 Å². The molecular formula is C16H25N. The summed E-state index contributed by atoms with van der Waals surface area (Å²) in [5.74, 6) is 0. The maximum Gasteiger partial charge on any atom is 0.0144 e. The SMILES string of the molecule is C=C(C)CC(Cc1ccc(C)c(C)c1)NCC. The van der Waals surface area contributed by atoms with Crippen molar-refractivity contribution in [2.75, 3.05) is 6.54 Å². The molecule has 0 saturated carbocycles. The lowest BCUT2D eigenvalue weighted by Crippen LogP contribution is -2.31. The molecule has 0 aliphatic carbocycles. The first-order valence-corrected chi connectivity index (χ1v) is 6.46. The second-order valence-electron chi connectivity index (χ2n) is 5.04. The third-order valence-corrected chi connectivity index (χ3v) is 3.14. The first kappa shape index (κ1) is 14.0. The summed E-state index contributed by atoms with van der Waals surface area (Å²) >= 11 is 0. The molecule has 1 nitrogen and oxygen atoms in total. The van der Waals surface area contributed by atoms with Crippen LogP contribution in [0.25, 0.3) is 0 Å². The molecule has 0 aliphatic heterocycles. The van der Waals surface area contributed by atoms with Gasteiger partial charge in [-0.25, -0.2) is 0 Å². The number of aryl methyl sites for hydroxylation is 2. The number of hydrogen-bond donors (Lipinski definition) is 1.